The normalized spacial score (nSPS) is 47.7. The molecule has 2 heteroatoms. The smallest absolute Gasteiger partial charge is 0.171 e. The van der Waals surface area contributed by atoms with Crippen LogP contribution >= 0.6 is 0 Å². The molecule has 2 unspecified atom stereocenters. The Labute approximate surface area is 67.9 Å². The second kappa shape index (κ2) is 1.99. The predicted octanol–water partition coefficient (Wildman–Crippen LogP) is 1.80. The summed E-state index contributed by atoms with van der Waals surface area (Å²) in [4.78, 5) is 0. The Morgan fingerprint density at radius 3 is 2.00 bits per heavy atom. The zero-order valence-electron chi connectivity index (χ0n) is 7.52. The average Bonchev–Trinajstić information content (AvgIpc) is 2.46. The maximum absolute atomic E-state index is 5.62. The van der Waals surface area contributed by atoms with Crippen molar-refractivity contribution < 1.29 is 9.47 Å². The first kappa shape index (κ1) is 7.56. The molecule has 2 nitrogen and oxygen atoms in total. The summed E-state index contributed by atoms with van der Waals surface area (Å²) >= 11 is 0. The first-order valence-corrected chi connectivity index (χ1v) is 4.36. The molecular weight excluding hydrogens is 140 g/mol. The van der Waals surface area contributed by atoms with E-state index in [0.717, 1.165) is 19.1 Å². The first-order valence-electron chi connectivity index (χ1n) is 4.36. The molecule has 1 saturated heterocycles. The molecule has 0 N–H and O–H groups in total. The third-order valence-corrected chi connectivity index (χ3v) is 3.53. The summed E-state index contributed by atoms with van der Waals surface area (Å²) in [6.45, 7) is 8.11. The summed E-state index contributed by atoms with van der Waals surface area (Å²) in [5, 5.41) is 0. The topological polar surface area (TPSA) is 18.5 Å². The van der Waals surface area contributed by atoms with Crippen LogP contribution in [0.15, 0.2) is 0 Å². The lowest BCUT2D eigenvalue weighted by atomic mass is 9.96. The third kappa shape index (κ3) is 0.859. The lowest BCUT2D eigenvalue weighted by Gasteiger charge is -2.30. The summed E-state index contributed by atoms with van der Waals surface area (Å²) in [5.74, 6) is 0.470. The molecule has 0 bridgehead atoms. The van der Waals surface area contributed by atoms with E-state index in [1.54, 1.807) is 0 Å². The lowest BCUT2D eigenvalue weighted by Crippen LogP contribution is -2.36. The molecule has 0 aromatic heterocycles. The molecule has 2 rings (SSSR count). The monoisotopic (exact) mass is 156 g/mol. The van der Waals surface area contributed by atoms with Crippen molar-refractivity contribution in [2.45, 2.75) is 33.0 Å². The van der Waals surface area contributed by atoms with E-state index in [9.17, 15) is 0 Å². The highest BCUT2D eigenvalue weighted by atomic mass is 16.7. The van der Waals surface area contributed by atoms with Gasteiger partial charge in [0, 0.05) is 5.41 Å². The fraction of sp³-hybridized carbons (Fsp3) is 1.00. The van der Waals surface area contributed by atoms with Crippen molar-refractivity contribution in [1.29, 1.82) is 0 Å². The summed E-state index contributed by atoms with van der Waals surface area (Å²) < 4.78 is 11.2. The minimum Gasteiger partial charge on any atom is -0.347 e. The summed E-state index contributed by atoms with van der Waals surface area (Å²) in [7, 11) is 0. The van der Waals surface area contributed by atoms with Gasteiger partial charge in [-0.2, -0.15) is 0 Å². The number of rotatable bonds is 1. The summed E-state index contributed by atoms with van der Waals surface area (Å²) in [6, 6.07) is 0. The highest BCUT2D eigenvalue weighted by Crippen LogP contribution is 2.61. The Morgan fingerprint density at radius 2 is 1.64 bits per heavy atom. The van der Waals surface area contributed by atoms with Gasteiger partial charge in [0.1, 0.15) is 0 Å². The van der Waals surface area contributed by atoms with Crippen LogP contribution in [0.4, 0.5) is 0 Å². The zero-order valence-corrected chi connectivity index (χ0v) is 7.52. The molecule has 0 radical (unpaired) electrons. The molecule has 2 atom stereocenters. The van der Waals surface area contributed by atoms with Gasteiger partial charge < -0.3 is 9.47 Å². The van der Waals surface area contributed by atoms with Gasteiger partial charge in [-0.05, 0) is 19.3 Å². The highest BCUT2D eigenvalue weighted by molar-refractivity contribution is 5.05. The fourth-order valence-corrected chi connectivity index (χ4v) is 2.05. The largest absolute Gasteiger partial charge is 0.347 e. The number of ether oxygens (including phenoxy) is 2. The molecule has 1 aliphatic carbocycles. The average molecular weight is 156 g/mol. The second-order valence-corrected chi connectivity index (χ2v) is 4.17. The Hall–Kier alpha value is -0.0800. The van der Waals surface area contributed by atoms with Crippen molar-refractivity contribution in [1.82, 2.24) is 0 Å². The molecule has 1 aliphatic heterocycles. The summed E-state index contributed by atoms with van der Waals surface area (Å²) in [6.07, 6.45) is 1.24. The van der Waals surface area contributed by atoms with Crippen LogP contribution in [-0.4, -0.2) is 19.0 Å². The maximum Gasteiger partial charge on any atom is 0.171 e. The van der Waals surface area contributed by atoms with Crippen molar-refractivity contribution in [3.63, 3.8) is 0 Å². The number of hydrogen-bond acceptors (Lipinski definition) is 2. The van der Waals surface area contributed by atoms with Crippen LogP contribution in [0.2, 0.25) is 0 Å². The van der Waals surface area contributed by atoms with Gasteiger partial charge in [0.25, 0.3) is 0 Å². The van der Waals surface area contributed by atoms with Gasteiger partial charge in [0.05, 0.1) is 13.2 Å². The molecule has 0 aromatic rings. The quantitative estimate of drug-likeness (QED) is 0.576. The second-order valence-electron chi connectivity index (χ2n) is 4.17. The van der Waals surface area contributed by atoms with E-state index in [4.69, 9.17) is 9.47 Å². The third-order valence-electron chi connectivity index (χ3n) is 3.53. The van der Waals surface area contributed by atoms with Gasteiger partial charge in [-0.15, -0.1) is 0 Å². The van der Waals surface area contributed by atoms with E-state index in [0.29, 0.717) is 0 Å². The van der Waals surface area contributed by atoms with E-state index in [-0.39, 0.29) is 11.2 Å². The highest BCUT2D eigenvalue weighted by Gasteiger charge is 2.62. The van der Waals surface area contributed by atoms with E-state index in [1.807, 2.05) is 0 Å². The SMILES string of the molecule is CC1CC1(C)C1(C)OCCO1. The molecule has 2 aliphatic rings. The Bertz CT molecular complexity index is 172. The van der Waals surface area contributed by atoms with Gasteiger partial charge in [0.2, 0.25) is 0 Å². The molecule has 11 heavy (non-hydrogen) atoms. The van der Waals surface area contributed by atoms with Crippen molar-refractivity contribution in [3.8, 4) is 0 Å². The minimum absolute atomic E-state index is 0.281. The van der Waals surface area contributed by atoms with Gasteiger partial charge >= 0.3 is 0 Å². The van der Waals surface area contributed by atoms with Crippen LogP contribution in [0.5, 0.6) is 0 Å². The van der Waals surface area contributed by atoms with Crippen molar-refractivity contribution in [3.05, 3.63) is 0 Å². The van der Waals surface area contributed by atoms with E-state index < -0.39 is 0 Å². The van der Waals surface area contributed by atoms with Crippen LogP contribution in [0.25, 0.3) is 0 Å². The van der Waals surface area contributed by atoms with Crippen LogP contribution < -0.4 is 0 Å². The Balaban J connectivity index is 2.14. The number of hydrogen-bond donors (Lipinski definition) is 0. The van der Waals surface area contributed by atoms with Gasteiger partial charge in [-0.3, -0.25) is 0 Å². The molecule has 64 valence electrons. The van der Waals surface area contributed by atoms with Gasteiger partial charge in [-0.1, -0.05) is 13.8 Å². The van der Waals surface area contributed by atoms with Gasteiger partial charge in [-0.25, -0.2) is 0 Å². The first-order chi connectivity index (χ1) is 5.08. The Morgan fingerprint density at radius 1 is 1.18 bits per heavy atom. The molecule has 0 spiro atoms. The lowest BCUT2D eigenvalue weighted by molar-refractivity contribution is -0.191. The minimum atomic E-state index is -0.285. The Kier molecular flexibility index (Phi) is 1.37. The molecule has 1 heterocycles. The molecule has 0 amide bonds. The molecular formula is C9H16O2. The molecule has 0 aromatic carbocycles. The van der Waals surface area contributed by atoms with Crippen molar-refractivity contribution in [2.75, 3.05) is 13.2 Å². The van der Waals surface area contributed by atoms with Gasteiger partial charge in [0.15, 0.2) is 5.79 Å². The fourth-order valence-electron chi connectivity index (χ4n) is 2.05. The maximum atomic E-state index is 5.62. The van der Waals surface area contributed by atoms with E-state index in [1.165, 1.54) is 6.42 Å². The predicted molar refractivity (Wildman–Crippen MR) is 42.2 cm³/mol. The van der Waals surface area contributed by atoms with Crippen LogP contribution in [0, 0.1) is 11.3 Å². The molecule has 2 fully saturated rings. The van der Waals surface area contributed by atoms with Crippen LogP contribution in [0.3, 0.4) is 0 Å². The standard InChI is InChI=1S/C9H16O2/c1-7-6-8(7,2)9(3)10-4-5-11-9/h7H,4-6H2,1-3H3. The summed E-state index contributed by atoms with van der Waals surface area (Å²) in [5.41, 5.74) is 0.281. The van der Waals surface area contributed by atoms with Crippen LogP contribution in [0.1, 0.15) is 27.2 Å². The van der Waals surface area contributed by atoms with E-state index in [2.05, 4.69) is 20.8 Å². The van der Waals surface area contributed by atoms with Crippen LogP contribution in [-0.2, 0) is 9.47 Å². The molecule has 1 saturated carbocycles. The van der Waals surface area contributed by atoms with E-state index >= 15 is 0 Å². The van der Waals surface area contributed by atoms with Crippen molar-refractivity contribution >= 4 is 0 Å². The van der Waals surface area contributed by atoms with Crippen molar-refractivity contribution in [2.24, 2.45) is 11.3 Å². The zero-order chi connectivity index (χ0) is 8.11.